The average molecular weight is 410 g/mol. The van der Waals surface area contributed by atoms with Crippen molar-refractivity contribution in [3.63, 3.8) is 0 Å². The summed E-state index contributed by atoms with van der Waals surface area (Å²) in [6.45, 7) is 9.24. The van der Waals surface area contributed by atoms with E-state index in [1.54, 1.807) is 30.3 Å². The topological polar surface area (TPSA) is 70.7 Å². The maximum absolute atomic E-state index is 12.8. The van der Waals surface area contributed by atoms with Gasteiger partial charge in [0.2, 0.25) is 0 Å². The maximum atomic E-state index is 12.8. The summed E-state index contributed by atoms with van der Waals surface area (Å²) in [4.78, 5) is 28.1. The van der Waals surface area contributed by atoms with Gasteiger partial charge in [0.15, 0.2) is 6.54 Å². The van der Waals surface area contributed by atoms with Crippen LogP contribution < -0.4 is 15.4 Å². The molecule has 2 aromatic rings. The minimum absolute atomic E-state index is 0.0355. The van der Waals surface area contributed by atoms with Crippen LogP contribution in [0.5, 0.6) is 5.75 Å². The summed E-state index contributed by atoms with van der Waals surface area (Å²) in [7, 11) is 0. The molecule has 3 fully saturated rings. The lowest BCUT2D eigenvalue weighted by molar-refractivity contribution is -0.933. The molecule has 0 radical (unpaired) electrons. The summed E-state index contributed by atoms with van der Waals surface area (Å²) in [6.07, 6.45) is 0. The maximum Gasteiger partial charge on any atom is 0.279 e. The van der Waals surface area contributed by atoms with Crippen LogP contribution in [-0.2, 0) is 4.79 Å². The monoisotopic (exact) mass is 409 g/mol. The van der Waals surface area contributed by atoms with Gasteiger partial charge < -0.3 is 19.9 Å². The van der Waals surface area contributed by atoms with Gasteiger partial charge in [-0.25, -0.2) is 0 Å². The predicted octanol–water partition coefficient (Wildman–Crippen LogP) is 2.42. The molecule has 30 heavy (non-hydrogen) atoms. The molecule has 3 aliphatic rings. The highest BCUT2D eigenvalue weighted by Gasteiger charge is 2.39. The molecule has 158 valence electrons. The van der Waals surface area contributed by atoms with Gasteiger partial charge in [-0.2, -0.15) is 0 Å². The van der Waals surface area contributed by atoms with E-state index in [-0.39, 0.29) is 11.8 Å². The smallest absolute Gasteiger partial charge is 0.279 e. The van der Waals surface area contributed by atoms with Crippen molar-refractivity contribution in [2.75, 3.05) is 63.1 Å². The molecule has 3 aliphatic heterocycles. The van der Waals surface area contributed by atoms with Crippen LogP contribution in [0.15, 0.2) is 48.5 Å². The minimum atomic E-state index is -0.256. The molecule has 0 aromatic heterocycles. The average Bonchev–Trinajstić information content (AvgIpc) is 2.76. The molecule has 2 bridgehead atoms. The van der Waals surface area contributed by atoms with Crippen LogP contribution >= 0.6 is 0 Å². The van der Waals surface area contributed by atoms with Gasteiger partial charge >= 0.3 is 0 Å². The van der Waals surface area contributed by atoms with E-state index in [4.69, 9.17) is 4.74 Å². The molecule has 0 unspecified atom stereocenters. The largest absolute Gasteiger partial charge is 0.494 e. The van der Waals surface area contributed by atoms with Crippen molar-refractivity contribution in [2.45, 2.75) is 6.92 Å². The zero-order chi connectivity index (χ0) is 21.0. The lowest BCUT2D eigenvalue weighted by atomic mass is 10.1. The number of quaternary nitrogens is 1. The molecule has 0 aliphatic carbocycles. The number of nitrogens with zero attached hydrogens (tertiary/aromatic N) is 2. The highest BCUT2D eigenvalue weighted by atomic mass is 16.5. The standard InChI is InChI=1S/C23H28N4O3/c1-2-30-19-9-7-18(8-10-19)24-23(29)20-5-3-4-6-21(20)25-22(28)17-27-14-11-26(12-15-27)13-16-27/h3-10H,2,11-17H2,1H3,(H-,24,25,28,29)/p+1. The third kappa shape index (κ3) is 4.63. The minimum Gasteiger partial charge on any atom is -0.494 e. The zero-order valence-corrected chi connectivity index (χ0v) is 17.4. The van der Waals surface area contributed by atoms with Crippen LogP contribution in [0.25, 0.3) is 0 Å². The lowest BCUT2D eigenvalue weighted by Crippen LogP contribution is -2.68. The number of benzene rings is 2. The Labute approximate surface area is 177 Å². The van der Waals surface area contributed by atoms with E-state index in [1.165, 1.54) is 0 Å². The first-order chi connectivity index (χ1) is 14.6. The Hall–Kier alpha value is -2.90. The first-order valence-electron chi connectivity index (χ1n) is 10.6. The summed E-state index contributed by atoms with van der Waals surface area (Å²) in [6, 6.07) is 14.4. The molecule has 7 heteroatoms. The number of anilines is 2. The van der Waals surface area contributed by atoms with Gasteiger partial charge in [0.25, 0.3) is 11.8 Å². The Kier molecular flexibility index (Phi) is 6.01. The van der Waals surface area contributed by atoms with Gasteiger partial charge in [0, 0.05) is 25.3 Å². The Bertz CT molecular complexity index is 891. The summed E-state index contributed by atoms with van der Waals surface area (Å²) in [5, 5.41) is 5.87. The van der Waals surface area contributed by atoms with E-state index >= 15 is 0 Å². The van der Waals surface area contributed by atoms with Crippen molar-refractivity contribution in [1.82, 2.24) is 4.90 Å². The third-order valence-corrected chi connectivity index (χ3v) is 6.02. The molecule has 7 nitrogen and oxygen atoms in total. The molecule has 2 N–H and O–H groups in total. The number of amides is 2. The molecule has 0 spiro atoms. The molecule has 3 heterocycles. The van der Waals surface area contributed by atoms with Gasteiger partial charge in [-0.1, -0.05) is 12.1 Å². The Morgan fingerprint density at radius 3 is 2.30 bits per heavy atom. The normalized spacial score (nSPS) is 22.4. The molecular weight excluding hydrogens is 380 g/mol. The summed E-state index contributed by atoms with van der Waals surface area (Å²) in [5.41, 5.74) is 1.66. The van der Waals surface area contributed by atoms with E-state index in [1.807, 2.05) is 25.1 Å². The fourth-order valence-electron chi connectivity index (χ4n) is 4.25. The van der Waals surface area contributed by atoms with Crippen molar-refractivity contribution in [3.05, 3.63) is 54.1 Å². The van der Waals surface area contributed by atoms with Crippen molar-refractivity contribution in [2.24, 2.45) is 0 Å². The second-order valence-electron chi connectivity index (χ2n) is 8.02. The summed E-state index contributed by atoms with van der Waals surface area (Å²) in [5.74, 6) is 0.467. The van der Waals surface area contributed by atoms with Crippen molar-refractivity contribution < 1.29 is 18.8 Å². The van der Waals surface area contributed by atoms with Crippen LogP contribution in [0.4, 0.5) is 11.4 Å². The van der Waals surface area contributed by atoms with Crippen molar-refractivity contribution in [1.29, 1.82) is 0 Å². The van der Waals surface area contributed by atoms with E-state index in [0.717, 1.165) is 49.5 Å². The van der Waals surface area contributed by atoms with Gasteiger partial charge in [0.05, 0.1) is 37.5 Å². The highest BCUT2D eigenvalue weighted by Crippen LogP contribution is 2.22. The van der Waals surface area contributed by atoms with Crippen LogP contribution in [0.3, 0.4) is 0 Å². The number of hydrogen-bond donors (Lipinski definition) is 2. The number of piperazine rings is 3. The molecule has 0 saturated carbocycles. The molecule has 2 amide bonds. The van der Waals surface area contributed by atoms with E-state index in [0.29, 0.717) is 30.1 Å². The number of hydrogen-bond acceptors (Lipinski definition) is 4. The Morgan fingerprint density at radius 1 is 0.967 bits per heavy atom. The predicted molar refractivity (Wildman–Crippen MR) is 117 cm³/mol. The highest BCUT2D eigenvalue weighted by molar-refractivity contribution is 6.10. The number of carbonyl (C=O) groups is 2. The van der Waals surface area contributed by atoms with Crippen molar-refractivity contribution in [3.8, 4) is 5.75 Å². The van der Waals surface area contributed by atoms with E-state index in [2.05, 4.69) is 15.5 Å². The molecule has 0 atom stereocenters. The van der Waals surface area contributed by atoms with E-state index < -0.39 is 0 Å². The second kappa shape index (κ2) is 8.85. The number of rotatable bonds is 7. The molecule has 2 aromatic carbocycles. The van der Waals surface area contributed by atoms with Crippen LogP contribution in [-0.4, -0.2) is 73.6 Å². The van der Waals surface area contributed by atoms with Crippen molar-refractivity contribution >= 4 is 23.2 Å². The Balaban J connectivity index is 1.41. The Morgan fingerprint density at radius 2 is 1.63 bits per heavy atom. The number of para-hydroxylation sites is 1. The number of ether oxygens (including phenoxy) is 1. The fourth-order valence-corrected chi connectivity index (χ4v) is 4.25. The van der Waals surface area contributed by atoms with Gasteiger partial charge in [-0.05, 0) is 43.3 Å². The van der Waals surface area contributed by atoms with Gasteiger partial charge in [0.1, 0.15) is 5.75 Å². The van der Waals surface area contributed by atoms with Crippen LogP contribution in [0, 0.1) is 0 Å². The second-order valence-corrected chi connectivity index (χ2v) is 8.02. The van der Waals surface area contributed by atoms with Crippen LogP contribution in [0.2, 0.25) is 0 Å². The molecular formula is C23H29N4O3+. The van der Waals surface area contributed by atoms with Crippen LogP contribution in [0.1, 0.15) is 17.3 Å². The third-order valence-electron chi connectivity index (χ3n) is 6.02. The first kappa shape index (κ1) is 20.4. The molecule has 3 saturated heterocycles. The van der Waals surface area contributed by atoms with Gasteiger partial charge in [-0.3, -0.25) is 14.5 Å². The van der Waals surface area contributed by atoms with E-state index in [9.17, 15) is 9.59 Å². The SMILES string of the molecule is CCOc1ccc(NC(=O)c2ccccc2NC(=O)C[N+]23CCN(CC2)CC3)cc1. The number of fused-ring (bicyclic) bond motifs is 3. The first-order valence-corrected chi connectivity index (χ1v) is 10.6. The lowest BCUT2D eigenvalue weighted by Gasteiger charge is -2.50. The fraction of sp³-hybridized carbons (Fsp3) is 0.391. The summed E-state index contributed by atoms with van der Waals surface area (Å²) < 4.78 is 6.28. The zero-order valence-electron chi connectivity index (χ0n) is 17.4. The number of nitrogens with one attached hydrogen (secondary N) is 2. The van der Waals surface area contributed by atoms with Gasteiger partial charge in [-0.15, -0.1) is 0 Å². The number of carbonyl (C=O) groups excluding carboxylic acids is 2. The summed E-state index contributed by atoms with van der Waals surface area (Å²) >= 11 is 0. The quantitative estimate of drug-likeness (QED) is 0.689. The molecule has 5 rings (SSSR count).